The van der Waals surface area contributed by atoms with Crippen molar-refractivity contribution >= 4 is 10.9 Å². The molecule has 156 valence electrons. The third-order valence-corrected chi connectivity index (χ3v) is 6.44. The van der Waals surface area contributed by atoms with E-state index in [2.05, 4.69) is 9.88 Å². The third kappa shape index (κ3) is 3.52. The molecular formula is C23H27N5O2. The van der Waals surface area contributed by atoms with Gasteiger partial charge in [0.05, 0.1) is 35.8 Å². The lowest BCUT2D eigenvalue weighted by molar-refractivity contribution is 0.220. The first-order valence-electron chi connectivity index (χ1n) is 10.9. The minimum absolute atomic E-state index is 0.0379. The van der Waals surface area contributed by atoms with E-state index in [-0.39, 0.29) is 24.8 Å². The van der Waals surface area contributed by atoms with Crippen LogP contribution in [0.4, 0.5) is 0 Å². The maximum absolute atomic E-state index is 13.1. The number of fused-ring (bicyclic) bond motifs is 1. The molecule has 7 nitrogen and oxygen atoms in total. The minimum Gasteiger partial charge on any atom is -0.395 e. The number of nitrogens with zero attached hydrogens (tertiary/aromatic N) is 5. The lowest BCUT2D eigenvalue weighted by Crippen LogP contribution is -2.33. The highest BCUT2D eigenvalue weighted by Crippen LogP contribution is 2.35. The normalized spacial score (nSPS) is 20.0. The van der Waals surface area contributed by atoms with Crippen LogP contribution in [0.5, 0.6) is 0 Å². The van der Waals surface area contributed by atoms with Crippen molar-refractivity contribution in [3.63, 3.8) is 0 Å². The number of likely N-dealkylation sites (tertiary alicyclic amines) is 1. The van der Waals surface area contributed by atoms with E-state index in [1.54, 1.807) is 10.6 Å². The first kappa shape index (κ1) is 19.3. The van der Waals surface area contributed by atoms with Gasteiger partial charge in [-0.2, -0.15) is 0 Å². The molecule has 2 aromatic heterocycles. The number of hydrogen-bond acceptors (Lipinski definition) is 6. The summed E-state index contributed by atoms with van der Waals surface area (Å²) in [4.78, 5) is 29.6. The zero-order valence-electron chi connectivity index (χ0n) is 17.1. The van der Waals surface area contributed by atoms with Crippen LogP contribution in [0.2, 0.25) is 0 Å². The smallest absolute Gasteiger partial charge is 0.261 e. The number of rotatable bonds is 6. The van der Waals surface area contributed by atoms with E-state index in [0.717, 1.165) is 36.7 Å². The van der Waals surface area contributed by atoms with E-state index in [1.807, 2.05) is 30.5 Å². The average Bonchev–Trinajstić information content (AvgIpc) is 3.17. The summed E-state index contributed by atoms with van der Waals surface area (Å²) in [6.07, 6.45) is 7.50. The van der Waals surface area contributed by atoms with E-state index in [1.165, 1.54) is 19.3 Å². The lowest BCUT2D eigenvalue weighted by atomic mass is 9.85. The Morgan fingerprint density at radius 3 is 2.73 bits per heavy atom. The SMILES string of the molecule is O=c1c2ccccc2nc(C2CCCN2Cc2ccnc(C3CCC3)n2)n1CCO. The predicted molar refractivity (Wildman–Crippen MR) is 114 cm³/mol. The molecule has 0 spiro atoms. The van der Waals surface area contributed by atoms with Gasteiger partial charge in [0.1, 0.15) is 11.6 Å². The summed E-state index contributed by atoms with van der Waals surface area (Å²) in [6, 6.07) is 9.48. The highest BCUT2D eigenvalue weighted by atomic mass is 16.3. The fourth-order valence-corrected chi connectivity index (χ4v) is 4.64. The topological polar surface area (TPSA) is 84.1 Å². The van der Waals surface area contributed by atoms with Crippen molar-refractivity contribution in [3.8, 4) is 0 Å². The second-order valence-corrected chi connectivity index (χ2v) is 8.33. The Hall–Kier alpha value is -2.64. The summed E-state index contributed by atoms with van der Waals surface area (Å²) in [5, 5.41) is 10.2. The molecule has 0 radical (unpaired) electrons. The fraction of sp³-hybridized carbons (Fsp3) is 0.478. The summed E-state index contributed by atoms with van der Waals surface area (Å²) in [5.41, 5.74) is 1.66. The molecule has 2 aliphatic rings. The second-order valence-electron chi connectivity index (χ2n) is 8.33. The monoisotopic (exact) mass is 405 g/mol. The maximum atomic E-state index is 13.1. The van der Waals surface area contributed by atoms with Crippen LogP contribution in [-0.2, 0) is 13.1 Å². The van der Waals surface area contributed by atoms with Gasteiger partial charge in [0.2, 0.25) is 0 Å². The van der Waals surface area contributed by atoms with Gasteiger partial charge in [0, 0.05) is 18.7 Å². The van der Waals surface area contributed by atoms with Crippen molar-refractivity contribution in [2.24, 2.45) is 0 Å². The van der Waals surface area contributed by atoms with Gasteiger partial charge in [0.25, 0.3) is 5.56 Å². The van der Waals surface area contributed by atoms with Crippen LogP contribution >= 0.6 is 0 Å². The molecule has 1 saturated carbocycles. The Bertz CT molecular complexity index is 1110. The lowest BCUT2D eigenvalue weighted by Gasteiger charge is -2.27. The van der Waals surface area contributed by atoms with Gasteiger partial charge in [-0.1, -0.05) is 18.6 Å². The summed E-state index contributed by atoms with van der Waals surface area (Å²) in [5.74, 6) is 2.23. The number of aromatic nitrogens is 4. The zero-order valence-corrected chi connectivity index (χ0v) is 17.1. The fourth-order valence-electron chi connectivity index (χ4n) is 4.64. The molecule has 30 heavy (non-hydrogen) atoms. The standard InChI is InChI=1S/C23H27N5O2/c29-14-13-28-22(26-19-8-2-1-7-18(19)23(28)30)20-9-4-12-27(20)15-17-10-11-24-21(25-17)16-5-3-6-16/h1-2,7-8,10-11,16,20,29H,3-6,9,12-15H2. The van der Waals surface area contributed by atoms with Gasteiger partial charge in [-0.3, -0.25) is 14.3 Å². The molecule has 3 aromatic rings. The molecule has 1 atom stereocenters. The number of benzene rings is 1. The van der Waals surface area contributed by atoms with Gasteiger partial charge in [0.15, 0.2) is 0 Å². The van der Waals surface area contributed by atoms with E-state index >= 15 is 0 Å². The largest absolute Gasteiger partial charge is 0.395 e. The average molecular weight is 406 g/mol. The van der Waals surface area contributed by atoms with E-state index in [0.29, 0.717) is 23.4 Å². The summed E-state index contributed by atoms with van der Waals surface area (Å²) < 4.78 is 1.66. The predicted octanol–water partition coefficient (Wildman–Crippen LogP) is 2.78. The van der Waals surface area contributed by atoms with Crippen molar-refractivity contribution in [1.82, 2.24) is 24.4 Å². The quantitative estimate of drug-likeness (QED) is 0.679. The van der Waals surface area contributed by atoms with E-state index in [9.17, 15) is 9.90 Å². The van der Waals surface area contributed by atoms with Crippen molar-refractivity contribution < 1.29 is 5.11 Å². The Morgan fingerprint density at radius 1 is 1.07 bits per heavy atom. The number of aliphatic hydroxyl groups is 1. The molecular weight excluding hydrogens is 378 g/mol. The third-order valence-electron chi connectivity index (χ3n) is 6.44. The molecule has 0 amide bonds. The molecule has 1 unspecified atom stereocenters. The van der Waals surface area contributed by atoms with Crippen molar-refractivity contribution in [2.45, 2.75) is 57.2 Å². The van der Waals surface area contributed by atoms with Gasteiger partial charge in [-0.25, -0.2) is 15.0 Å². The first-order valence-corrected chi connectivity index (χ1v) is 10.9. The summed E-state index contributed by atoms with van der Waals surface area (Å²) in [7, 11) is 0. The molecule has 1 saturated heterocycles. The van der Waals surface area contributed by atoms with Crippen LogP contribution in [0, 0.1) is 0 Å². The maximum Gasteiger partial charge on any atom is 0.261 e. The molecule has 2 fully saturated rings. The highest BCUT2D eigenvalue weighted by molar-refractivity contribution is 5.77. The highest BCUT2D eigenvalue weighted by Gasteiger charge is 2.31. The van der Waals surface area contributed by atoms with Crippen LogP contribution in [0.25, 0.3) is 10.9 Å². The summed E-state index contributed by atoms with van der Waals surface area (Å²) >= 11 is 0. The number of hydrogen-bond donors (Lipinski definition) is 1. The second kappa shape index (κ2) is 8.24. The molecule has 3 heterocycles. The van der Waals surface area contributed by atoms with Crippen LogP contribution in [0.3, 0.4) is 0 Å². The molecule has 7 heteroatoms. The van der Waals surface area contributed by atoms with Crippen LogP contribution < -0.4 is 5.56 Å². The number of aliphatic hydroxyl groups excluding tert-OH is 1. The Kier molecular flexibility index (Phi) is 5.31. The van der Waals surface area contributed by atoms with Crippen LogP contribution in [-0.4, -0.2) is 42.7 Å². The summed E-state index contributed by atoms with van der Waals surface area (Å²) in [6.45, 7) is 1.83. The zero-order chi connectivity index (χ0) is 20.5. The van der Waals surface area contributed by atoms with Gasteiger partial charge < -0.3 is 5.11 Å². The van der Waals surface area contributed by atoms with Crippen LogP contribution in [0.15, 0.2) is 41.3 Å². The molecule has 1 N–H and O–H groups in total. The van der Waals surface area contributed by atoms with E-state index in [4.69, 9.17) is 9.97 Å². The molecule has 1 aromatic carbocycles. The molecule has 5 rings (SSSR count). The Labute approximate surface area is 175 Å². The first-order chi connectivity index (χ1) is 14.7. The Balaban J connectivity index is 1.48. The minimum atomic E-state index is -0.0870. The molecule has 1 aliphatic carbocycles. The van der Waals surface area contributed by atoms with Crippen molar-refractivity contribution in [1.29, 1.82) is 0 Å². The molecule has 1 aliphatic heterocycles. The molecule has 0 bridgehead atoms. The van der Waals surface area contributed by atoms with Gasteiger partial charge in [-0.15, -0.1) is 0 Å². The van der Waals surface area contributed by atoms with Crippen LogP contribution in [0.1, 0.15) is 61.4 Å². The van der Waals surface area contributed by atoms with Gasteiger partial charge in [-0.05, 0) is 50.4 Å². The van der Waals surface area contributed by atoms with Gasteiger partial charge >= 0.3 is 0 Å². The van der Waals surface area contributed by atoms with Crippen molar-refractivity contribution in [2.75, 3.05) is 13.2 Å². The Morgan fingerprint density at radius 2 is 1.93 bits per heavy atom. The van der Waals surface area contributed by atoms with E-state index < -0.39 is 0 Å². The number of para-hydroxylation sites is 1. The van der Waals surface area contributed by atoms with Crippen molar-refractivity contribution in [3.05, 3.63) is 64.2 Å².